The Morgan fingerprint density at radius 1 is 1.05 bits per heavy atom. The number of aryl methyl sites for hydroxylation is 2. The van der Waals surface area contributed by atoms with Crippen LogP contribution >= 0.6 is 18.6 Å². The van der Waals surface area contributed by atoms with E-state index in [0.29, 0.717) is 25.4 Å². The van der Waals surface area contributed by atoms with Gasteiger partial charge in [0.2, 0.25) is 0 Å². The molecule has 4 heterocycles. The third-order valence-electron chi connectivity index (χ3n) is 7.96. The zero-order valence-corrected chi connectivity index (χ0v) is 25.6. The van der Waals surface area contributed by atoms with Crippen LogP contribution in [-0.4, -0.2) is 42.5 Å². The van der Waals surface area contributed by atoms with E-state index in [1.807, 2.05) is 85.2 Å². The summed E-state index contributed by atoms with van der Waals surface area (Å²) in [5.74, 6) is -0.0537. The Balaban J connectivity index is 1.40. The van der Waals surface area contributed by atoms with E-state index in [1.54, 1.807) is 12.9 Å². The average Bonchev–Trinajstić information content (AvgIpc) is 3.62. The summed E-state index contributed by atoms with van der Waals surface area (Å²) < 4.78 is 28.3. The Hall–Kier alpha value is -3.71. The van der Waals surface area contributed by atoms with Gasteiger partial charge in [-0.1, -0.05) is 42.0 Å². The van der Waals surface area contributed by atoms with Gasteiger partial charge in [0.25, 0.3) is 0 Å². The van der Waals surface area contributed by atoms with Crippen molar-refractivity contribution in [2.24, 2.45) is 5.92 Å². The first-order valence-corrected chi connectivity index (χ1v) is 17.0. The van der Waals surface area contributed by atoms with E-state index in [2.05, 4.69) is 4.98 Å². The van der Waals surface area contributed by atoms with Gasteiger partial charge in [0, 0.05) is 54.4 Å². The van der Waals surface area contributed by atoms with Crippen LogP contribution in [0.3, 0.4) is 0 Å². The maximum Gasteiger partial charge on any atom is 0.348 e. The van der Waals surface area contributed by atoms with Gasteiger partial charge in [-0.3, -0.25) is 9.55 Å². The van der Waals surface area contributed by atoms with E-state index >= 15 is 0 Å². The Bertz CT molecular complexity index is 1770. The highest BCUT2D eigenvalue weighted by molar-refractivity contribution is 7.72. The van der Waals surface area contributed by atoms with Crippen molar-refractivity contribution in [1.29, 1.82) is 0 Å². The van der Waals surface area contributed by atoms with Crippen molar-refractivity contribution in [3.05, 3.63) is 88.9 Å². The van der Waals surface area contributed by atoms with E-state index in [0.717, 1.165) is 62.1 Å². The molecule has 0 saturated carbocycles. The average molecular weight is 601 g/mol. The maximum atomic E-state index is 14.8. The maximum absolute atomic E-state index is 14.8. The van der Waals surface area contributed by atoms with Crippen LogP contribution in [0.2, 0.25) is 0 Å². The molecule has 0 amide bonds. The molecule has 6 rings (SSSR count). The fourth-order valence-electron chi connectivity index (χ4n) is 5.71. The van der Waals surface area contributed by atoms with Gasteiger partial charge in [-0.25, -0.2) is 4.79 Å². The van der Waals surface area contributed by atoms with Gasteiger partial charge in [-0.2, -0.15) is 0 Å². The number of furan rings is 1. The number of rotatable bonds is 8. The molecule has 0 bridgehead atoms. The van der Waals surface area contributed by atoms with Crippen molar-refractivity contribution >= 4 is 46.7 Å². The van der Waals surface area contributed by atoms with Gasteiger partial charge in [0.05, 0.1) is 5.69 Å². The molecule has 216 valence electrons. The largest absolute Gasteiger partial charge is 0.477 e. The van der Waals surface area contributed by atoms with Crippen molar-refractivity contribution in [1.82, 2.24) is 4.98 Å². The lowest BCUT2D eigenvalue weighted by molar-refractivity contribution is 0.0685. The van der Waals surface area contributed by atoms with Crippen molar-refractivity contribution in [2.45, 2.75) is 26.7 Å². The van der Waals surface area contributed by atoms with Gasteiger partial charge >= 0.3 is 5.97 Å². The molecule has 5 aromatic rings. The van der Waals surface area contributed by atoms with Crippen LogP contribution in [0.5, 0.6) is 0 Å². The lowest BCUT2D eigenvalue weighted by Crippen LogP contribution is -2.34. The Morgan fingerprint density at radius 3 is 2.48 bits per heavy atom. The van der Waals surface area contributed by atoms with E-state index in [1.165, 1.54) is 11.3 Å². The number of thiophene rings is 1. The number of hydrogen-bond donors (Lipinski definition) is 1. The number of aromatic nitrogens is 1. The number of carboxylic acids is 1. The van der Waals surface area contributed by atoms with Gasteiger partial charge in [0.1, 0.15) is 16.2 Å². The second-order valence-corrected chi connectivity index (χ2v) is 14.8. The highest BCUT2D eigenvalue weighted by Gasteiger charge is 2.35. The van der Waals surface area contributed by atoms with Crippen LogP contribution in [0.25, 0.3) is 32.9 Å². The lowest BCUT2D eigenvalue weighted by Gasteiger charge is -2.36. The number of hydrogen-bond acceptors (Lipinski definition) is 6. The van der Waals surface area contributed by atoms with Crippen molar-refractivity contribution in [3.63, 3.8) is 0 Å². The molecule has 1 N–H and O–H groups in total. The third-order valence-corrected chi connectivity index (χ3v) is 11.8. The van der Waals surface area contributed by atoms with Crippen LogP contribution in [0.4, 0.5) is 5.69 Å². The number of benzene rings is 2. The molecule has 2 aromatic carbocycles. The number of carbonyl (C=O) groups is 1. The molecular weight excluding hydrogens is 567 g/mol. The summed E-state index contributed by atoms with van der Waals surface area (Å²) in [5, 5.41) is 11.1. The number of fused-ring (bicyclic) bond motifs is 1. The van der Waals surface area contributed by atoms with Crippen molar-refractivity contribution in [2.75, 3.05) is 31.1 Å². The van der Waals surface area contributed by atoms with Crippen LogP contribution in [0, 0.1) is 19.8 Å². The number of nitrogens with zero attached hydrogens (tertiary/aromatic N) is 2. The molecule has 9 heteroatoms. The fraction of sp³-hybridized carbons (Fsp3) is 0.273. The van der Waals surface area contributed by atoms with Crippen LogP contribution in [-0.2, 0) is 9.30 Å². The molecular formula is C33H33N2O5PS. The van der Waals surface area contributed by atoms with Gasteiger partial charge < -0.3 is 18.9 Å². The molecule has 1 aliphatic rings. The zero-order valence-electron chi connectivity index (χ0n) is 23.9. The van der Waals surface area contributed by atoms with Crippen LogP contribution in [0.15, 0.2) is 77.3 Å². The summed E-state index contributed by atoms with van der Waals surface area (Å²) in [7, 11) is -3.19. The minimum absolute atomic E-state index is 0.191. The molecule has 0 radical (unpaired) electrons. The smallest absolute Gasteiger partial charge is 0.348 e. The summed E-state index contributed by atoms with van der Waals surface area (Å²) in [6.07, 6.45) is 3.43. The summed E-state index contributed by atoms with van der Waals surface area (Å²) in [5.41, 5.74) is 5.86. The van der Waals surface area contributed by atoms with Gasteiger partial charge in [0.15, 0.2) is 12.9 Å². The quantitative estimate of drug-likeness (QED) is 0.180. The summed E-state index contributed by atoms with van der Waals surface area (Å²) in [6.45, 7) is 7.57. The van der Waals surface area contributed by atoms with Gasteiger partial charge in [-0.05, 0) is 68.0 Å². The first kappa shape index (κ1) is 28.4. The minimum Gasteiger partial charge on any atom is -0.477 e. The zero-order chi connectivity index (χ0) is 29.4. The number of pyridine rings is 1. The first-order chi connectivity index (χ1) is 20.2. The summed E-state index contributed by atoms with van der Waals surface area (Å²) in [6, 6.07) is 21.3. The Labute approximate surface area is 249 Å². The highest BCUT2D eigenvalue weighted by Crippen LogP contribution is 2.52. The summed E-state index contributed by atoms with van der Waals surface area (Å²) in [4.78, 5) is 18.0. The Morgan fingerprint density at radius 2 is 1.79 bits per heavy atom. The molecule has 0 aliphatic carbocycles. The molecule has 1 unspecified atom stereocenters. The molecule has 42 heavy (non-hydrogen) atoms. The molecule has 7 nitrogen and oxygen atoms in total. The van der Waals surface area contributed by atoms with E-state index in [9.17, 15) is 14.5 Å². The fourth-order valence-corrected chi connectivity index (χ4v) is 9.23. The van der Waals surface area contributed by atoms with Gasteiger partial charge in [-0.15, -0.1) is 11.3 Å². The molecule has 3 aromatic heterocycles. The summed E-state index contributed by atoms with van der Waals surface area (Å²) >= 11 is 1.21. The Kier molecular flexibility index (Phi) is 7.79. The van der Waals surface area contributed by atoms with E-state index in [-0.39, 0.29) is 10.8 Å². The topological polar surface area (TPSA) is 92.9 Å². The monoisotopic (exact) mass is 600 g/mol. The van der Waals surface area contributed by atoms with Crippen molar-refractivity contribution in [3.8, 4) is 21.8 Å². The molecule has 1 fully saturated rings. The molecule has 1 saturated heterocycles. The number of anilines is 1. The van der Waals surface area contributed by atoms with Crippen LogP contribution < -0.4 is 9.97 Å². The number of ether oxygens (including phenoxy) is 1. The van der Waals surface area contributed by atoms with E-state index in [4.69, 9.17) is 9.15 Å². The lowest BCUT2D eigenvalue weighted by atomic mass is 10.0. The van der Waals surface area contributed by atoms with E-state index < -0.39 is 13.3 Å². The number of aromatic carboxylic acids is 1. The molecule has 1 atom stereocenters. The van der Waals surface area contributed by atoms with Crippen LogP contribution in [0.1, 0.15) is 33.6 Å². The predicted octanol–water partition coefficient (Wildman–Crippen LogP) is 8.00. The number of carboxylic acid groups (broad SMARTS) is 1. The predicted molar refractivity (Wildman–Crippen MR) is 170 cm³/mol. The standard InChI is InChI=1S/C33H33N2O5PS/c1-21-6-11-30(22(2)17-21)41(3,38)35(20-23-12-15-39-16-13-23)27-19-31(42-32(27)33(36)37)25-9-7-24(8-10-25)29-18-26-28(40-29)5-4-14-34-26/h4-11,14,17-19,23H,12-13,15-16,20H2,1-3H3,(H,36,37). The normalized spacial score (nSPS) is 15.5. The minimum atomic E-state index is -3.19. The second kappa shape index (κ2) is 11.5. The van der Waals surface area contributed by atoms with Crippen molar-refractivity contribution < 1.29 is 23.6 Å². The molecule has 1 aliphatic heterocycles. The third kappa shape index (κ3) is 5.54. The molecule has 0 spiro atoms. The first-order valence-electron chi connectivity index (χ1n) is 14.0. The second-order valence-electron chi connectivity index (χ2n) is 11.0. The highest BCUT2D eigenvalue weighted by atomic mass is 32.1. The SMILES string of the molecule is Cc1ccc(P(C)(=O)N(CC2CCOCC2)c2cc(-c3ccc(-c4cc5ncccc5o4)cc3)sc2C(=O)O)c(C)c1.